The van der Waals surface area contributed by atoms with Crippen molar-refractivity contribution in [2.45, 2.75) is 6.92 Å². The van der Waals surface area contributed by atoms with E-state index in [1.165, 1.54) is 35.6 Å². The van der Waals surface area contributed by atoms with Crippen LogP contribution in [0.15, 0.2) is 58.0 Å². The van der Waals surface area contributed by atoms with Crippen molar-refractivity contribution in [2.75, 3.05) is 0 Å². The van der Waals surface area contributed by atoms with E-state index in [0.29, 0.717) is 10.4 Å². The van der Waals surface area contributed by atoms with E-state index in [9.17, 15) is 9.18 Å². The summed E-state index contributed by atoms with van der Waals surface area (Å²) in [5, 5.41) is 0. The fourth-order valence-electron chi connectivity index (χ4n) is 2.43. The largest absolute Gasteiger partial charge is 0.319 e. The number of carbonyl (C=O) groups is 1. The van der Waals surface area contributed by atoms with E-state index < -0.39 is 0 Å². The Morgan fingerprint density at radius 2 is 1.75 bits per heavy atom. The summed E-state index contributed by atoms with van der Waals surface area (Å²) >= 11 is 4.89. The van der Waals surface area contributed by atoms with Crippen LogP contribution in [0.1, 0.15) is 15.2 Å². The Kier molecular flexibility index (Phi) is 4.78. The van der Waals surface area contributed by atoms with Crippen LogP contribution < -0.4 is 4.80 Å². The topological polar surface area (TPSA) is 34.4 Å². The van der Waals surface area contributed by atoms with Gasteiger partial charge in [-0.1, -0.05) is 28.1 Å². The number of aryl methyl sites for hydroxylation is 1. The molecule has 2 aromatic carbocycles. The molecule has 0 bridgehead atoms. The van der Waals surface area contributed by atoms with Crippen LogP contribution in [0, 0.1) is 12.7 Å². The Balaban J connectivity index is 2.03. The molecule has 0 atom stereocenters. The Morgan fingerprint density at radius 3 is 2.38 bits per heavy atom. The van der Waals surface area contributed by atoms with E-state index in [0.717, 1.165) is 20.6 Å². The van der Waals surface area contributed by atoms with Gasteiger partial charge in [-0.2, -0.15) is 4.99 Å². The number of carbonyl (C=O) groups excluding carboxylic acids is 1. The normalized spacial score (nSPS) is 11.8. The summed E-state index contributed by atoms with van der Waals surface area (Å²) in [4.78, 5) is 18.2. The molecular formula is C18H14BrFN2OS. The number of benzene rings is 2. The molecule has 0 unspecified atom stereocenters. The molecule has 1 amide bonds. The van der Waals surface area contributed by atoms with Crippen molar-refractivity contribution in [3.63, 3.8) is 0 Å². The lowest BCUT2D eigenvalue weighted by molar-refractivity contribution is 0.0998. The first-order chi connectivity index (χ1) is 11.5. The van der Waals surface area contributed by atoms with Gasteiger partial charge in [0.25, 0.3) is 5.91 Å². The van der Waals surface area contributed by atoms with Gasteiger partial charge in [0.05, 0.1) is 5.69 Å². The first kappa shape index (κ1) is 16.8. The Bertz CT molecular complexity index is 956. The summed E-state index contributed by atoms with van der Waals surface area (Å²) < 4.78 is 15.9. The fourth-order valence-corrected chi connectivity index (χ4v) is 3.68. The highest BCUT2D eigenvalue weighted by molar-refractivity contribution is 9.10. The van der Waals surface area contributed by atoms with Crippen molar-refractivity contribution in [3.8, 4) is 11.3 Å². The number of amides is 1. The molecule has 24 heavy (non-hydrogen) atoms. The van der Waals surface area contributed by atoms with Crippen LogP contribution in [0.5, 0.6) is 0 Å². The van der Waals surface area contributed by atoms with Gasteiger partial charge in [0.1, 0.15) is 5.82 Å². The zero-order valence-electron chi connectivity index (χ0n) is 13.1. The molecule has 0 fully saturated rings. The highest BCUT2D eigenvalue weighted by Crippen LogP contribution is 2.25. The van der Waals surface area contributed by atoms with Gasteiger partial charge in [-0.15, -0.1) is 11.3 Å². The quantitative estimate of drug-likeness (QED) is 0.609. The lowest BCUT2D eigenvalue weighted by Gasteiger charge is -2.04. The molecule has 0 aliphatic rings. The molecule has 0 aliphatic carbocycles. The van der Waals surface area contributed by atoms with E-state index in [2.05, 4.69) is 20.9 Å². The summed E-state index contributed by atoms with van der Waals surface area (Å²) in [5.74, 6) is -0.754. The van der Waals surface area contributed by atoms with Gasteiger partial charge in [-0.25, -0.2) is 4.39 Å². The Morgan fingerprint density at radius 1 is 1.12 bits per heavy atom. The monoisotopic (exact) mass is 404 g/mol. The van der Waals surface area contributed by atoms with Crippen molar-refractivity contribution < 1.29 is 9.18 Å². The third-order valence-electron chi connectivity index (χ3n) is 3.61. The van der Waals surface area contributed by atoms with Crippen molar-refractivity contribution >= 4 is 33.2 Å². The van der Waals surface area contributed by atoms with Crippen LogP contribution in [0.2, 0.25) is 0 Å². The van der Waals surface area contributed by atoms with Crippen LogP contribution in [-0.4, -0.2) is 10.5 Å². The second-order valence-corrected chi connectivity index (χ2v) is 7.38. The summed E-state index contributed by atoms with van der Waals surface area (Å²) in [7, 11) is 1.89. The Labute approximate surface area is 151 Å². The van der Waals surface area contributed by atoms with Crippen LogP contribution >= 0.6 is 27.3 Å². The first-order valence-corrected chi connectivity index (χ1v) is 8.83. The van der Waals surface area contributed by atoms with E-state index in [1.54, 1.807) is 0 Å². The summed E-state index contributed by atoms with van der Waals surface area (Å²) in [6.07, 6.45) is 0. The van der Waals surface area contributed by atoms with Crippen molar-refractivity contribution in [1.29, 1.82) is 0 Å². The molecule has 3 nitrogen and oxygen atoms in total. The smallest absolute Gasteiger partial charge is 0.279 e. The molecule has 0 spiro atoms. The average molecular weight is 405 g/mol. The lowest BCUT2D eigenvalue weighted by atomic mass is 10.1. The predicted octanol–water partition coefficient (Wildman–Crippen LogP) is 4.70. The number of aromatic nitrogens is 1. The molecule has 1 heterocycles. The van der Waals surface area contributed by atoms with Gasteiger partial charge in [0.15, 0.2) is 4.80 Å². The van der Waals surface area contributed by atoms with Crippen molar-refractivity contribution in [3.05, 3.63) is 74.1 Å². The maximum atomic E-state index is 13.0. The molecule has 0 N–H and O–H groups in total. The van der Waals surface area contributed by atoms with Crippen molar-refractivity contribution in [2.24, 2.45) is 12.0 Å². The highest BCUT2D eigenvalue weighted by atomic mass is 79.9. The van der Waals surface area contributed by atoms with Crippen molar-refractivity contribution in [1.82, 2.24) is 4.57 Å². The third-order valence-corrected chi connectivity index (χ3v) is 5.18. The molecule has 3 rings (SSSR count). The van der Waals surface area contributed by atoms with Gasteiger partial charge >= 0.3 is 0 Å². The number of hydrogen-bond acceptors (Lipinski definition) is 2. The molecule has 0 aliphatic heterocycles. The molecule has 0 saturated carbocycles. The van der Waals surface area contributed by atoms with Crippen LogP contribution in [0.4, 0.5) is 4.39 Å². The molecule has 3 aromatic rings. The third kappa shape index (κ3) is 3.39. The predicted molar refractivity (Wildman–Crippen MR) is 97.5 cm³/mol. The van der Waals surface area contributed by atoms with Crippen LogP contribution in [0.3, 0.4) is 0 Å². The van der Waals surface area contributed by atoms with Crippen LogP contribution in [0.25, 0.3) is 11.3 Å². The van der Waals surface area contributed by atoms with Crippen LogP contribution in [-0.2, 0) is 7.05 Å². The molecular weight excluding hydrogens is 391 g/mol. The maximum absolute atomic E-state index is 13.0. The van der Waals surface area contributed by atoms with E-state index in [-0.39, 0.29) is 11.7 Å². The van der Waals surface area contributed by atoms with Gasteiger partial charge in [0, 0.05) is 22.0 Å². The second kappa shape index (κ2) is 6.83. The first-order valence-electron chi connectivity index (χ1n) is 7.22. The standard InChI is InChI=1S/C18H14BrFN2OS/c1-11-16(12-3-7-14(19)8-4-12)22(2)18(24-11)21-17(23)13-5-9-15(20)10-6-13/h3-10H,1-2H3. The zero-order chi connectivity index (χ0) is 17.3. The second-order valence-electron chi connectivity index (χ2n) is 5.28. The van der Waals surface area contributed by atoms with E-state index >= 15 is 0 Å². The SMILES string of the molecule is Cc1sc(=NC(=O)c2ccc(F)cc2)n(C)c1-c1ccc(Br)cc1. The number of rotatable bonds is 2. The van der Waals surface area contributed by atoms with E-state index in [1.807, 2.05) is 42.8 Å². The molecule has 0 radical (unpaired) electrons. The number of nitrogens with zero attached hydrogens (tertiary/aromatic N) is 2. The summed E-state index contributed by atoms with van der Waals surface area (Å²) in [6.45, 7) is 2.00. The summed E-state index contributed by atoms with van der Waals surface area (Å²) in [6, 6.07) is 13.4. The van der Waals surface area contributed by atoms with Gasteiger partial charge in [-0.05, 0) is 48.9 Å². The Hall–Kier alpha value is -2.05. The lowest BCUT2D eigenvalue weighted by Crippen LogP contribution is -2.14. The average Bonchev–Trinajstić information content (AvgIpc) is 2.83. The number of halogens is 2. The number of hydrogen-bond donors (Lipinski definition) is 0. The summed E-state index contributed by atoms with van der Waals surface area (Å²) in [5.41, 5.74) is 2.45. The minimum Gasteiger partial charge on any atom is -0.319 e. The minimum absolute atomic E-state index is 0.368. The van der Waals surface area contributed by atoms with E-state index in [4.69, 9.17) is 0 Å². The maximum Gasteiger partial charge on any atom is 0.279 e. The molecule has 0 saturated heterocycles. The molecule has 6 heteroatoms. The molecule has 1 aromatic heterocycles. The van der Waals surface area contributed by atoms with Gasteiger partial charge < -0.3 is 4.57 Å². The molecule has 122 valence electrons. The number of thiazole rings is 1. The minimum atomic E-state index is -0.380. The van der Waals surface area contributed by atoms with Gasteiger partial charge in [0.2, 0.25) is 0 Å². The highest BCUT2D eigenvalue weighted by Gasteiger charge is 2.11. The van der Waals surface area contributed by atoms with Gasteiger partial charge in [-0.3, -0.25) is 4.79 Å². The zero-order valence-corrected chi connectivity index (χ0v) is 15.5. The fraction of sp³-hybridized carbons (Fsp3) is 0.111.